The maximum Gasteiger partial charge on any atom is 0.228 e. The lowest BCUT2D eigenvalue weighted by Gasteiger charge is -2.33. The molecule has 0 bridgehead atoms. The summed E-state index contributed by atoms with van der Waals surface area (Å²) in [5.74, 6) is -0.415. The van der Waals surface area contributed by atoms with E-state index in [4.69, 9.17) is 4.74 Å². The van der Waals surface area contributed by atoms with E-state index in [9.17, 15) is 9.18 Å². The summed E-state index contributed by atoms with van der Waals surface area (Å²) in [6, 6.07) is 13.8. The maximum atomic E-state index is 12.9. The average Bonchev–Trinajstić information content (AvgIpc) is 2.58. The zero-order valence-corrected chi connectivity index (χ0v) is 13.7. The van der Waals surface area contributed by atoms with Crippen molar-refractivity contribution in [2.24, 2.45) is 0 Å². The van der Waals surface area contributed by atoms with Gasteiger partial charge in [0.05, 0.1) is 19.1 Å². The summed E-state index contributed by atoms with van der Waals surface area (Å²) in [4.78, 5) is 14.3. The molecule has 0 saturated carbocycles. The van der Waals surface area contributed by atoms with Crippen LogP contribution in [0.5, 0.6) is 0 Å². The Morgan fingerprint density at radius 1 is 1.21 bits per heavy atom. The van der Waals surface area contributed by atoms with Crippen LogP contribution in [0.15, 0.2) is 48.5 Å². The van der Waals surface area contributed by atoms with Gasteiger partial charge in [0.15, 0.2) is 0 Å². The van der Waals surface area contributed by atoms with Crippen LogP contribution in [0.4, 0.5) is 15.8 Å². The third kappa shape index (κ3) is 4.32. The third-order valence-corrected chi connectivity index (χ3v) is 4.04. The molecular formula is C19H21FN2O2. The lowest BCUT2D eigenvalue weighted by atomic mass is 10.1. The van der Waals surface area contributed by atoms with E-state index in [0.29, 0.717) is 0 Å². The standard InChI is InChI=1S/C19H21FN2O2/c1-14-13-22(10-11-24-14)18-8-6-17(7-9-18)21-19(23)12-15-2-4-16(20)5-3-15/h2-9,14H,10-13H2,1H3,(H,21,23). The second-order valence-electron chi connectivity index (χ2n) is 6.03. The van der Waals surface area contributed by atoms with Crippen molar-refractivity contribution in [3.8, 4) is 0 Å². The van der Waals surface area contributed by atoms with Gasteiger partial charge in [0.1, 0.15) is 5.82 Å². The molecule has 1 atom stereocenters. The van der Waals surface area contributed by atoms with Crippen molar-refractivity contribution >= 4 is 17.3 Å². The first-order chi connectivity index (χ1) is 11.6. The quantitative estimate of drug-likeness (QED) is 0.937. The molecule has 1 amide bonds. The molecular weight excluding hydrogens is 307 g/mol. The first-order valence-electron chi connectivity index (χ1n) is 8.11. The summed E-state index contributed by atoms with van der Waals surface area (Å²) in [5.41, 5.74) is 2.67. The van der Waals surface area contributed by atoms with Gasteiger partial charge in [-0.05, 0) is 48.9 Å². The van der Waals surface area contributed by atoms with Gasteiger partial charge in [-0.3, -0.25) is 4.79 Å². The van der Waals surface area contributed by atoms with Gasteiger partial charge in [-0.2, -0.15) is 0 Å². The van der Waals surface area contributed by atoms with Gasteiger partial charge >= 0.3 is 0 Å². The number of nitrogens with zero attached hydrogens (tertiary/aromatic N) is 1. The van der Waals surface area contributed by atoms with Gasteiger partial charge in [-0.15, -0.1) is 0 Å². The molecule has 1 unspecified atom stereocenters. The average molecular weight is 328 g/mol. The number of carbonyl (C=O) groups excluding carboxylic acids is 1. The Bertz CT molecular complexity index is 686. The molecule has 1 heterocycles. The van der Waals surface area contributed by atoms with Crippen molar-refractivity contribution in [3.05, 3.63) is 59.9 Å². The lowest BCUT2D eigenvalue weighted by Crippen LogP contribution is -2.41. The fraction of sp³-hybridized carbons (Fsp3) is 0.316. The fourth-order valence-electron chi connectivity index (χ4n) is 2.80. The minimum Gasteiger partial charge on any atom is -0.375 e. The van der Waals surface area contributed by atoms with Crippen LogP contribution in [-0.4, -0.2) is 31.7 Å². The second-order valence-corrected chi connectivity index (χ2v) is 6.03. The highest BCUT2D eigenvalue weighted by atomic mass is 19.1. The van der Waals surface area contributed by atoms with Gasteiger partial charge in [0, 0.05) is 24.5 Å². The Morgan fingerprint density at radius 3 is 2.58 bits per heavy atom. The Balaban J connectivity index is 1.57. The largest absolute Gasteiger partial charge is 0.375 e. The Morgan fingerprint density at radius 2 is 1.92 bits per heavy atom. The highest BCUT2D eigenvalue weighted by Gasteiger charge is 2.16. The Labute approximate surface area is 141 Å². The van der Waals surface area contributed by atoms with Crippen LogP contribution in [0.3, 0.4) is 0 Å². The van der Waals surface area contributed by atoms with Crippen molar-refractivity contribution in [3.63, 3.8) is 0 Å². The summed E-state index contributed by atoms with van der Waals surface area (Å²) >= 11 is 0. The molecule has 1 aliphatic heterocycles. The monoisotopic (exact) mass is 328 g/mol. The molecule has 4 nitrogen and oxygen atoms in total. The minimum atomic E-state index is -0.299. The topological polar surface area (TPSA) is 41.6 Å². The second kappa shape index (κ2) is 7.45. The van der Waals surface area contributed by atoms with Crippen molar-refractivity contribution in [2.45, 2.75) is 19.4 Å². The number of hydrogen-bond donors (Lipinski definition) is 1. The summed E-state index contributed by atoms with van der Waals surface area (Å²) in [7, 11) is 0. The van der Waals surface area contributed by atoms with Gasteiger partial charge in [-0.25, -0.2) is 4.39 Å². The lowest BCUT2D eigenvalue weighted by molar-refractivity contribution is -0.115. The highest BCUT2D eigenvalue weighted by Crippen LogP contribution is 2.20. The van der Waals surface area contributed by atoms with E-state index in [1.165, 1.54) is 12.1 Å². The fourth-order valence-corrected chi connectivity index (χ4v) is 2.80. The number of rotatable bonds is 4. The molecule has 5 heteroatoms. The first-order valence-corrected chi connectivity index (χ1v) is 8.11. The molecule has 2 aromatic carbocycles. The number of hydrogen-bond acceptors (Lipinski definition) is 3. The zero-order chi connectivity index (χ0) is 16.9. The highest BCUT2D eigenvalue weighted by molar-refractivity contribution is 5.92. The van der Waals surface area contributed by atoms with Crippen LogP contribution in [0.25, 0.3) is 0 Å². The normalized spacial score (nSPS) is 17.6. The van der Waals surface area contributed by atoms with Crippen molar-refractivity contribution < 1.29 is 13.9 Å². The van der Waals surface area contributed by atoms with Crippen molar-refractivity contribution in [1.82, 2.24) is 0 Å². The van der Waals surface area contributed by atoms with Gasteiger partial charge < -0.3 is 15.0 Å². The molecule has 1 saturated heterocycles. The molecule has 0 aliphatic carbocycles. The zero-order valence-electron chi connectivity index (χ0n) is 13.7. The molecule has 0 aromatic heterocycles. The van der Waals surface area contributed by atoms with Crippen LogP contribution >= 0.6 is 0 Å². The Kier molecular flexibility index (Phi) is 5.11. The molecule has 1 aliphatic rings. The number of amides is 1. The molecule has 0 radical (unpaired) electrons. The van der Waals surface area contributed by atoms with E-state index < -0.39 is 0 Å². The van der Waals surface area contributed by atoms with E-state index in [0.717, 1.165) is 36.6 Å². The number of ether oxygens (including phenoxy) is 1. The number of benzene rings is 2. The number of halogens is 1. The van der Waals surface area contributed by atoms with E-state index in [2.05, 4.69) is 17.1 Å². The van der Waals surface area contributed by atoms with Gasteiger partial charge in [-0.1, -0.05) is 12.1 Å². The summed E-state index contributed by atoms with van der Waals surface area (Å²) in [5, 5.41) is 2.87. The van der Waals surface area contributed by atoms with Crippen LogP contribution in [0, 0.1) is 5.82 Å². The van der Waals surface area contributed by atoms with Crippen LogP contribution < -0.4 is 10.2 Å². The third-order valence-electron chi connectivity index (χ3n) is 4.04. The van der Waals surface area contributed by atoms with Crippen LogP contribution in [0.1, 0.15) is 12.5 Å². The number of carbonyl (C=O) groups is 1. The summed E-state index contributed by atoms with van der Waals surface area (Å²) < 4.78 is 18.4. The predicted octanol–water partition coefficient (Wildman–Crippen LogP) is 3.23. The van der Waals surface area contributed by atoms with Crippen molar-refractivity contribution in [1.29, 1.82) is 0 Å². The van der Waals surface area contributed by atoms with E-state index in [1.54, 1.807) is 12.1 Å². The number of nitrogens with one attached hydrogen (secondary N) is 1. The van der Waals surface area contributed by atoms with Gasteiger partial charge in [0.2, 0.25) is 5.91 Å². The van der Waals surface area contributed by atoms with Crippen LogP contribution in [0.2, 0.25) is 0 Å². The molecule has 24 heavy (non-hydrogen) atoms. The predicted molar refractivity (Wildman–Crippen MR) is 92.8 cm³/mol. The maximum absolute atomic E-state index is 12.9. The van der Waals surface area contributed by atoms with E-state index in [-0.39, 0.29) is 24.2 Å². The summed E-state index contributed by atoms with van der Waals surface area (Å²) in [6.45, 7) is 4.55. The first kappa shape index (κ1) is 16.5. The van der Waals surface area contributed by atoms with Crippen molar-refractivity contribution in [2.75, 3.05) is 29.9 Å². The molecule has 1 fully saturated rings. The van der Waals surface area contributed by atoms with E-state index >= 15 is 0 Å². The smallest absolute Gasteiger partial charge is 0.228 e. The molecule has 0 spiro atoms. The molecule has 2 aromatic rings. The molecule has 1 N–H and O–H groups in total. The summed E-state index contributed by atoms with van der Waals surface area (Å²) in [6.07, 6.45) is 0.456. The molecule has 126 valence electrons. The number of anilines is 2. The van der Waals surface area contributed by atoms with E-state index in [1.807, 2.05) is 24.3 Å². The van der Waals surface area contributed by atoms with Gasteiger partial charge in [0.25, 0.3) is 0 Å². The minimum absolute atomic E-state index is 0.116. The number of morpholine rings is 1. The SMILES string of the molecule is CC1CN(c2ccc(NC(=O)Cc3ccc(F)cc3)cc2)CCO1. The Hall–Kier alpha value is -2.40. The molecule has 3 rings (SSSR count). The van der Waals surface area contributed by atoms with Crippen LogP contribution in [-0.2, 0) is 16.0 Å².